The van der Waals surface area contributed by atoms with E-state index in [0.29, 0.717) is 23.7 Å². The molecule has 0 aliphatic heterocycles. The molecule has 0 heterocycles. The zero-order valence-electron chi connectivity index (χ0n) is 10.9. The van der Waals surface area contributed by atoms with E-state index in [9.17, 15) is 9.59 Å². The Morgan fingerprint density at radius 3 is 2.65 bits per heavy atom. The van der Waals surface area contributed by atoms with Crippen LogP contribution in [0.3, 0.4) is 0 Å². The number of urea groups is 1. The number of aliphatic carboxylic acids is 1. The number of carbonyl (C=O) groups excluding carboxylic acids is 1. The molecule has 0 radical (unpaired) electrons. The lowest BCUT2D eigenvalue weighted by Gasteiger charge is -2.21. The van der Waals surface area contributed by atoms with Crippen LogP contribution in [0.2, 0.25) is 0 Å². The van der Waals surface area contributed by atoms with Gasteiger partial charge in [0.15, 0.2) is 0 Å². The second-order valence-electron chi connectivity index (χ2n) is 3.80. The quantitative estimate of drug-likeness (QED) is 0.592. The van der Waals surface area contributed by atoms with Crippen LogP contribution in [-0.4, -0.2) is 41.7 Å². The van der Waals surface area contributed by atoms with Crippen molar-refractivity contribution in [2.45, 2.75) is 0 Å². The monoisotopic (exact) mass is 292 g/mol. The molecule has 20 heavy (non-hydrogen) atoms. The summed E-state index contributed by atoms with van der Waals surface area (Å²) in [5, 5.41) is 11.6. The Bertz CT molecular complexity index is 485. The van der Waals surface area contributed by atoms with Crippen molar-refractivity contribution in [1.29, 1.82) is 0 Å². The highest BCUT2D eigenvalue weighted by Crippen LogP contribution is 2.13. The van der Waals surface area contributed by atoms with Gasteiger partial charge in [-0.05, 0) is 12.1 Å². The first-order valence-corrected chi connectivity index (χ1v) is 7.14. The van der Waals surface area contributed by atoms with E-state index in [2.05, 4.69) is 11.2 Å². The third-order valence-corrected chi connectivity index (χ3v) is 3.18. The maximum absolute atomic E-state index is 12.0. The van der Waals surface area contributed by atoms with Gasteiger partial charge >= 0.3 is 12.0 Å². The standard InChI is InChI=1S/C14H16N2O3S/c1-2-9-20-10-8-15-14(19)16(11-13(17)18)12-6-4-3-5-7-12/h1,3-7H,8-11H2,(H,15,19)(H,17,18). The topological polar surface area (TPSA) is 69.6 Å². The van der Waals surface area contributed by atoms with E-state index in [-0.39, 0.29) is 6.54 Å². The summed E-state index contributed by atoms with van der Waals surface area (Å²) in [6.45, 7) is 0.0570. The minimum atomic E-state index is -1.06. The van der Waals surface area contributed by atoms with Gasteiger partial charge < -0.3 is 10.4 Å². The number of nitrogens with zero attached hydrogens (tertiary/aromatic N) is 1. The Balaban J connectivity index is 2.58. The minimum absolute atomic E-state index is 0.382. The highest BCUT2D eigenvalue weighted by Gasteiger charge is 2.17. The summed E-state index contributed by atoms with van der Waals surface area (Å²) >= 11 is 1.53. The molecule has 2 N–H and O–H groups in total. The number of nitrogens with one attached hydrogen (secondary N) is 1. The number of carbonyl (C=O) groups is 2. The number of rotatable bonds is 7. The second kappa shape index (κ2) is 8.88. The number of hydrogen-bond donors (Lipinski definition) is 2. The van der Waals surface area contributed by atoms with Gasteiger partial charge in [-0.2, -0.15) is 0 Å². The van der Waals surface area contributed by atoms with Gasteiger partial charge in [-0.15, -0.1) is 18.2 Å². The van der Waals surface area contributed by atoms with Gasteiger partial charge in [0.1, 0.15) is 6.54 Å². The van der Waals surface area contributed by atoms with Crippen molar-refractivity contribution in [1.82, 2.24) is 5.32 Å². The molecule has 0 atom stereocenters. The number of carboxylic acids is 1. The first-order valence-electron chi connectivity index (χ1n) is 5.98. The molecule has 0 spiro atoms. The molecule has 1 rings (SSSR count). The SMILES string of the molecule is C#CCSCCNC(=O)N(CC(=O)O)c1ccccc1. The van der Waals surface area contributed by atoms with Gasteiger partial charge in [-0.1, -0.05) is 24.1 Å². The molecule has 0 saturated carbocycles. The van der Waals surface area contributed by atoms with Gasteiger partial charge in [0.2, 0.25) is 0 Å². The Hall–Kier alpha value is -2.13. The maximum atomic E-state index is 12.0. The number of hydrogen-bond acceptors (Lipinski definition) is 3. The number of carboxylic acid groups (broad SMARTS) is 1. The molecule has 0 unspecified atom stereocenters. The molecule has 106 valence electrons. The van der Waals surface area contributed by atoms with Crippen molar-refractivity contribution in [3.05, 3.63) is 30.3 Å². The Morgan fingerprint density at radius 1 is 1.35 bits per heavy atom. The van der Waals surface area contributed by atoms with E-state index < -0.39 is 12.0 Å². The summed E-state index contributed by atoms with van der Waals surface area (Å²) in [7, 11) is 0. The van der Waals surface area contributed by atoms with Crippen molar-refractivity contribution >= 4 is 29.4 Å². The summed E-state index contributed by atoms with van der Waals surface area (Å²) in [6, 6.07) is 8.25. The van der Waals surface area contributed by atoms with Crippen LogP contribution in [0.25, 0.3) is 0 Å². The summed E-state index contributed by atoms with van der Waals surface area (Å²) < 4.78 is 0. The van der Waals surface area contributed by atoms with E-state index >= 15 is 0 Å². The predicted molar refractivity (Wildman–Crippen MR) is 81.0 cm³/mol. The van der Waals surface area contributed by atoms with Crippen LogP contribution >= 0.6 is 11.8 Å². The lowest BCUT2D eigenvalue weighted by atomic mass is 10.3. The number of benzene rings is 1. The zero-order valence-corrected chi connectivity index (χ0v) is 11.7. The van der Waals surface area contributed by atoms with E-state index in [4.69, 9.17) is 11.5 Å². The van der Waals surface area contributed by atoms with Crippen LogP contribution < -0.4 is 10.2 Å². The molecule has 2 amide bonds. The molecule has 0 aliphatic carbocycles. The lowest BCUT2D eigenvalue weighted by molar-refractivity contribution is -0.135. The fourth-order valence-electron chi connectivity index (χ4n) is 1.48. The van der Waals surface area contributed by atoms with Gasteiger partial charge in [0.25, 0.3) is 0 Å². The molecule has 1 aromatic carbocycles. The molecule has 0 aromatic heterocycles. The number of para-hydroxylation sites is 1. The lowest BCUT2D eigenvalue weighted by Crippen LogP contribution is -2.43. The van der Waals surface area contributed by atoms with Crippen molar-refractivity contribution in [3.8, 4) is 12.3 Å². The van der Waals surface area contributed by atoms with Crippen LogP contribution in [0.5, 0.6) is 0 Å². The zero-order chi connectivity index (χ0) is 14.8. The van der Waals surface area contributed by atoms with Gasteiger partial charge in [0, 0.05) is 18.0 Å². The van der Waals surface area contributed by atoms with Crippen molar-refractivity contribution < 1.29 is 14.7 Å². The predicted octanol–water partition coefficient (Wildman–Crippen LogP) is 1.65. The van der Waals surface area contributed by atoms with Crippen molar-refractivity contribution in [2.75, 3.05) is 29.5 Å². The fourth-order valence-corrected chi connectivity index (χ4v) is 1.99. The first kappa shape index (κ1) is 15.9. The fraction of sp³-hybridized carbons (Fsp3) is 0.286. The van der Waals surface area contributed by atoms with Gasteiger partial charge in [0.05, 0.1) is 5.75 Å². The van der Waals surface area contributed by atoms with E-state index in [0.717, 1.165) is 0 Å². The average molecular weight is 292 g/mol. The molecule has 0 fully saturated rings. The van der Waals surface area contributed by atoms with Gasteiger partial charge in [-0.25, -0.2) is 4.79 Å². The third-order valence-electron chi connectivity index (χ3n) is 2.31. The Morgan fingerprint density at radius 2 is 2.05 bits per heavy atom. The van der Waals surface area contributed by atoms with Crippen LogP contribution in [0.1, 0.15) is 0 Å². The second-order valence-corrected chi connectivity index (χ2v) is 4.91. The Kier molecular flexibility index (Phi) is 7.07. The molecule has 0 bridgehead atoms. The first-order chi connectivity index (χ1) is 9.65. The molecule has 1 aromatic rings. The van der Waals surface area contributed by atoms with E-state index in [1.54, 1.807) is 30.3 Å². The van der Waals surface area contributed by atoms with Gasteiger partial charge in [-0.3, -0.25) is 9.69 Å². The molecule has 0 saturated heterocycles. The largest absolute Gasteiger partial charge is 0.480 e. The van der Waals surface area contributed by atoms with Crippen LogP contribution in [0.4, 0.5) is 10.5 Å². The molecule has 0 aliphatic rings. The summed E-state index contributed by atoms with van der Waals surface area (Å²) in [5.41, 5.74) is 0.545. The third kappa shape index (κ3) is 5.67. The van der Waals surface area contributed by atoms with Crippen LogP contribution in [0, 0.1) is 12.3 Å². The van der Waals surface area contributed by atoms with E-state index in [1.165, 1.54) is 16.7 Å². The summed E-state index contributed by atoms with van der Waals surface area (Å²) in [5.74, 6) is 2.71. The molecule has 6 heteroatoms. The highest BCUT2D eigenvalue weighted by atomic mass is 32.2. The number of terminal acetylenes is 1. The molecule has 5 nitrogen and oxygen atoms in total. The minimum Gasteiger partial charge on any atom is -0.480 e. The summed E-state index contributed by atoms with van der Waals surface area (Å²) in [4.78, 5) is 24.1. The summed E-state index contributed by atoms with van der Waals surface area (Å²) in [6.07, 6.45) is 5.12. The van der Waals surface area contributed by atoms with E-state index in [1.807, 2.05) is 0 Å². The van der Waals surface area contributed by atoms with Crippen LogP contribution in [0.15, 0.2) is 30.3 Å². The smallest absolute Gasteiger partial charge is 0.323 e. The maximum Gasteiger partial charge on any atom is 0.323 e. The van der Waals surface area contributed by atoms with Crippen LogP contribution in [-0.2, 0) is 4.79 Å². The van der Waals surface area contributed by atoms with Crippen molar-refractivity contribution in [3.63, 3.8) is 0 Å². The van der Waals surface area contributed by atoms with Crippen molar-refractivity contribution in [2.24, 2.45) is 0 Å². The molecular formula is C14H16N2O3S. The number of amides is 2. The highest BCUT2D eigenvalue weighted by molar-refractivity contribution is 7.99. The molecular weight excluding hydrogens is 276 g/mol. The normalized spacial score (nSPS) is 9.55. The number of anilines is 1. The number of thioether (sulfide) groups is 1. The Labute approximate surface area is 122 Å². The average Bonchev–Trinajstić information content (AvgIpc) is 2.45.